The Kier molecular flexibility index (Phi) is 5.24. The van der Waals surface area contributed by atoms with Crippen LogP contribution in [0.2, 0.25) is 5.02 Å². The second-order valence-corrected chi connectivity index (χ2v) is 7.73. The van der Waals surface area contributed by atoms with Crippen molar-refractivity contribution in [2.75, 3.05) is 11.9 Å². The molecule has 1 amide bonds. The molecular formula is C22H17ClN6O3. The summed E-state index contributed by atoms with van der Waals surface area (Å²) in [6, 6.07) is 12.4. The molecule has 1 N–H and O–H groups in total. The lowest BCUT2D eigenvalue weighted by atomic mass is 10.0. The third-order valence-electron chi connectivity index (χ3n) is 5.30. The highest BCUT2D eigenvalue weighted by Gasteiger charge is 2.25. The monoisotopic (exact) mass is 448 g/mol. The SMILES string of the molecule is O=C(COC(=O)c1c2c(nc3ccccc13)CCC2)Nc1cc(-n2cnnn2)ccc1Cl. The van der Waals surface area contributed by atoms with Crippen LogP contribution in [0.15, 0.2) is 48.8 Å². The van der Waals surface area contributed by atoms with E-state index in [9.17, 15) is 9.59 Å². The number of rotatable bonds is 5. The highest BCUT2D eigenvalue weighted by molar-refractivity contribution is 6.33. The number of halogens is 1. The molecule has 0 aliphatic heterocycles. The molecule has 0 radical (unpaired) electrons. The van der Waals surface area contributed by atoms with E-state index in [-0.39, 0.29) is 0 Å². The molecule has 9 nitrogen and oxygen atoms in total. The molecule has 5 rings (SSSR count). The molecule has 0 bridgehead atoms. The molecule has 160 valence electrons. The van der Waals surface area contributed by atoms with Crippen molar-refractivity contribution in [2.45, 2.75) is 19.3 Å². The van der Waals surface area contributed by atoms with Crippen LogP contribution in [0.3, 0.4) is 0 Å². The number of para-hydroxylation sites is 1. The smallest absolute Gasteiger partial charge is 0.339 e. The zero-order chi connectivity index (χ0) is 22.1. The minimum absolute atomic E-state index is 0.333. The number of carbonyl (C=O) groups is 2. The largest absolute Gasteiger partial charge is 0.452 e. The fraction of sp³-hybridized carbons (Fsp3) is 0.182. The summed E-state index contributed by atoms with van der Waals surface area (Å²) < 4.78 is 6.81. The summed E-state index contributed by atoms with van der Waals surface area (Å²) in [5.74, 6) is -1.05. The second kappa shape index (κ2) is 8.35. The van der Waals surface area contributed by atoms with Crippen molar-refractivity contribution in [3.63, 3.8) is 0 Å². The number of carbonyl (C=O) groups excluding carboxylic acids is 2. The van der Waals surface area contributed by atoms with Gasteiger partial charge in [0, 0.05) is 11.1 Å². The van der Waals surface area contributed by atoms with Crippen molar-refractivity contribution in [3.05, 3.63) is 70.6 Å². The van der Waals surface area contributed by atoms with Gasteiger partial charge in [-0.25, -0.2) is 9.48 Å². The molecule has 0 saturated heterocycles. The summed E-state index contributed by atoms with van der Waals surface area (Å²) in [7, 11) is 0. The Balaban J connectivity index is 1.33. The van der Waals surface area contributed by atoms with Crippen LogP contribution in [0.1, 0.15) is 28.0 Å². The van der Waals surface area contributed by atoms with Gasteiger partial charge in [0.15, 0.2) is 6.61 Å². The van der Waals surface area contributed by atoms with E-state index in [4.69, 9.17) is 16.3 Å². The van der Waals surface area contributed by atoms with Gasteiger partial charge in [-0.15, -0.1) is 5.10 Å². The average molecular weight is 449 g/mol. The van der Waals surface area contributed by atoms with Crippen LogP contribution in [0.5, 0.6) is 0 Å². The fourth-order valence-electron chi connectivity index (χ4n) is 3.86. The van der Waals surface area contributed by atoms with E-state index < -0.39 is 18.5 Å². The third-order valence-corrected chi connectivity index (χ3v) is 5.62. The van der Waals surface area contributed by atoms with Crippen LogP contribution >= 0.6 is 11.6 Å². The van der Waals surface area contributed by atoms with Crippen molar-refractivity contribution >= 4 is 40.1 Å². The number of amides is 1. The normalized spacial score (nSPS) is 12.5. The summed E-state index contributed by atoms with van der Waals surface area (Å²) in [5.41, 5.74) is 4.05. The van der Waals surface area contributed by atoms with Crippen molar-refractivity contribution in [2.24, 2.45) is 0 Å². The van der Waals surface area contributed by atoms with E-state index in [1.165, 1.54) is 11.0 Å². The Morgan fingerprint density at radius 3 is 2.88 bits per heavy atom. The molecular weight excluding hydrogens is 432 g/mol. The fourth-order valence-corrected chi connectivity index (χ4v) is 4.03. The van der Waals surface area contributed by atoms with Crippen LogP contribution in [-0.4, -0.2) is 43.7 Å². The number of ether oxygens (including phenoxy) is 1. The van der Waals surface area contributed by atoms with Crippen molar-refractivity contribution in [1.82, 2.24) is 25.2 Å². The van der Waals surface area contributed by atoms with Crippen LogP contribution in [0, 0.1) is 0 Å². The lowest BCUT2D eigenvalue weighted by Gasteiger charge is -2.13. The van der Waals surface area contributed by atoms with Gasteiger partial charge < -0.3 is 10.1 Å². The average Bonchev–Trinajstić information content (AvgIpc) is 3.49. The molecule has 32 heavy (non-hydrogen) atoms. The molecule has 0 saturated carbocycles. The molecule has 0 atom stereocenters. The number of nitrogens with one attached hydrogen (secondary N) is 1. The number of pyridine rings is 1. The highest BCUT2D eigenvalue weighted by atomic mass is 35.5. The molecule has 10 heteroatoms. The maximum Gasteiger partial charge on any atom is 0.339 e. The Hall–Kier alpha value is -3.85. The van der Waals surface area contributed by atoms with Gasteiger partial charge in [0.1, 0.15) is 6.33 Å². The zero-order valence-electron chi connectivity index (χ0n) is 16.8. The van der Waals surface area contributed by atoms with Gasteiger partial charge in [0.05, 0.1) is 27.5 Å². The number of hydrogen-bond acceptors (Lipinski definition) is 7. The van der Waals surface area contributed by atoms with E-state index in [1.807, 2.05) is 24.3 Å². The van der Waals surface area contributed by atoms with Gasteiger partial charge in [-0.1, -0.05) is 29.8 Å². The Morgan fingerprint density at radius 1 is 1.16 bits per heavy atom. The molecule has 1 aliphatic rings. The van der Waals surface area contributed by atoms with Crippen molar-refractivity contribution < 1.29 is 14.3 Å². The predicted molar refractivity (Wildman–Crippen MR) is 117 cm³/mol. The molecule has 2 aromatic heterocycles. The Bertz CT molecular complexity index is 1340. The number of esters is 1. The van der Waals surface area contributed by atoms with Gasteiger partial charge in [-0.3, -0.25) is 9.78 Å². The maximum atomic E-state index is 13.0. The quantitative estimate of drug-likeness (QED) is 0.467. The number of aryl methyl sites for hydroxylation is 1. The van der Waals surface area contributed by atoms with E-state index in [2.05, 4.69) is 25.8 Å². The van der Waals surface area contributed by atoms with Gasteiger partial charge in [0.25, 0.3) is 5.91 Å². The zero-order valence-corrected chi connectivity index (χ0v) is 17.5. The number of anilines is 1. The van der Waals surface area contributed by atoms with Crippen molar-refractivity contribution in [3.8, 4) is 5.69 Å². The van der Waals surface area contributed by atoms with Gasteiger partial charge in [-0.2, -0.15) is 0 Å². The van der Waals surface area contributed by atoms with Crippen LogP contribution in [-0.2, 0) is 22.4 Å². The predicted octanol–water partition coefficient (Wildman–Crippen LogP) is 3.15. The first kappa shape index (κ1) is 20.1. The van der Waals surface area contributed by atoms with Crippen LogP contribution in [0.4, 0.5) is 5.69 Å². The minimum atomic E-state index is -0.537. The molecule has 4 aromatic rings. The number of aromatic nitrogens is 5. The summed E-state index contributed by atoms with van der Waals surface area (Å²) in [4.78, 5) is 30.1. The van der Waals surface area contributed by atoms with Crippen LogP contribution in [0.25, 0.3) is 16.6 Å². The Labute approximate surface area is 187 Å². The highest BCUT2D eigenvalue weighted by Crippen LogP contribution is 2.30. The van der Waals surface area contributed by atoms with Crippen molar-refractivity contribution in [1.29, 1.82) is 0 Å². The summed E-state index contributed by atoms with van der Waals surface area (Å²) >= 11 is 6.20. The van der Waals surface area contributed by atoms with Gasteiger partial charge in [0.2, 0.25) is 0 Å². The third kappa shape index (κ3) is 3.78. The summed E-state index contributed by atoms with van der Waals surface area (Å²) in [5, 5.41) is 14.7. The lowest BCUT2D eigenvalue weighted by Crippen LogP contribution is -2.22. The molecule has 1 aliphatic carbocycles. The topological polar surface area (TPSA) is 112 Å². The number of hydrogen-bond donors (Lipinski definition) is 1. The van der Waals surface area contributed by atoms with Crippen LogP contribution < -0.4 is 5.32 Å². The lowest BCUT2D eigenvalue weighted by molar-refractivity contribution is -0.119. The summed E-state index contributed by atoms with van der Waals surface area (Å²) in [6.07, 6.45) is 3.96. The van der Waals surface area contributed by atoms with E-state index in [1.54, 1.807) is 18.2 Å². The number of fused-ring (bicyclic) bond motifs is 2. The number of tetrazole rings is 1. The molecule has 0 fully saturated rings. The maximum absolute atomic E-state index is 13.0. The van der Waals surface area contributed by atoms with Gasteiger partial charge in [-0.05, 0) is 59.5 Å². The number of benzene rings is 2. The standard InChI is InChI=1S/C22H17ClN6O3/c23-16-9-8-13(29-12-24-27-28-29)10-19(16)26-20(30)11-32-22(31)21-14-4-1-2-6-17(14)25-18-7-3-5-15(18)21/h1-2,4,6,8-10,12H,3,5,7,11H2,(H,26,30). The molecule has 2 heterocycles. The second-order valence-electron chi connectivity index (χ2n) is 7.33. The first-order valence-corrected chi connectivity index (χ1v) is 10.4. The van der Waals surface area contributed by atoms with E-state index in [0.717, 1.165) is 41.4 Å². The summed E-state index contributed by atoms with van der Waals surface area (Å²) in [6.45, 7) is -0.449. The number of nitrogens with zero attached hydrogens (tertiary/aromatic N) is 5. The molecule has 0 unspecified atom stereocenters. The molecule has 2 aromatic carbocycles. The first-order valence-electron chi connectivity index (χ1n) is 10.0. The minimum Gasteiger partial charge on any atom is -0.452 e. The first-order chi connectivity index (χ1) is 15.6. The Morgan fingerprint density at radius 2 is 2.03 bits per heavy atom. The molecule has 0 spiro atoms. The van der Waals surface area contributed by atoms with E-state index >= 15 is 0 Å². The van der Waals surface area contributed by atoms with Gasteiger partial charge >= 0.3 is 5.97 Å². The van der Waals surface area contributed by atoms with E-state index in [0.29, 0.717) is 22.0 Å².